The number of rotatable bonds is 5. The van der Waals surface area contributed by atoms with Crippen LogP contribution in [0.5, 0.6) is 0 Å². The van der Waals surface area contributed by atoms with Crippen molar-refractivity contribution < 1.29 is 8.42 Å². The first kappa shape index (κ1) is 17.2. The Kier molecular flexibility index (Phi) is 4.50. The maximum Gasteiger partial charge on any atom is 0.261 e. The van der Waals surface area contributed by atoms with Gasteiger partial charge in [0, 0.05) is 29.7 Å². The lowest BCUT2D eigenvalue weighted by Crippen LogP contribution is -2.12. The highest BCUT2D eigenvalue weighted by Crippen LogP contribution is 2.29. The molecule has 2 aromatic carbocycles. The molecule has 0 spiro atoms. The molecular formula is C19H19N3O2S2. The molecule has 0 radical (unpaired) electrons. The number of nitrogens with zero attached hydrogens (tertiary/aromatic N) is 2. The molecule has 0 amide bonds. The van der Waals surface area contributed by atoms with Crippen LogP contribution in [0.3, 0.4) is 0 Å². The summed E-state index contributed by atoms with van der Waals surface area (Å²) in [5.41, 5.74) is 3.53. The molecule has 0 saturated carbocycles. The number of aryl methyl sites for hydroxylation is 2. The van der Waals surface area contributed by atoms with Gasteiger partial charge >= 0.3 is 0 Å². The van der Waals surface area contributed by atoms with E-state index in [1.54, 1.807) is 36.0 Å². The Balaban J connectivity index is 1.52. The van der Waals surface area contributed by atoms with Crippen molar-refractivity contribution in [2.24, 2.45) is 0 Å². The molecule has 1 aliphatic heterocycles. The number of imidazole rings is 1. The van der Waals surface area contributed by atoms with E-state index >= 15 is 0 Å². The monoisotopic (exact) mass is 385 g/mol. The first-order chi connectivity index (χ1) is 12.5. The van der Waals surface area contributed by atoms with E-state index in [1.165, 1.54) is 0 Å². The van der Waals surface area contributed by atoms with E-state index in [0.29, 0.717) is 5.69 Å². The van der Waals surface area contributed by atoms with Gasteiger partial charge in [0.25, 0.3) is 10.0 Å². The van der Waals surface area contributed by atoms with Crippen molar-refractivity contribution >= 4 is 27.5 Å². The predicted molar refractivity (Wildman–Crippen MR) is 105 cm³/mol. The van der Waals surface area contributed by atoms with Gasteiger partial charge < -0.3 is 4.57 Å². The van der Waals surface area contributed by atoms with E-state index in [-0.39, 0.29) is 4.90 Å². The summed E-state index contributed by atoms with van der Waals surface area (Å²) in [7, 11) is -3.59. The summed E-state index contributed by atoms with van der Waals surface area (Å²) in [6.45, 7) is 3.03. The molecule has 1 aromatic heterocycles. The van der Waals surface area contributed by atoms with Gasteiger partial charge in [0.15, 0.2) is 5.16 Å². The second kappa shape index (κ2) is 6.81. The third-order valence-electron chi connectivity index (χ3n) is 4.38. The summed E-state index contributed by atoms with van der Waals surface area (Å²) >= 11 is 1.75. The van der Waals surface area contributed by atoms with E-state index in [2.05, 4.69) is 14.3 Å². The van der Waals surface area contributed by atoms with Gasteiger partial charge in [-0.05, 0) is 36.2 Å². The maximum absolute atomic E-state index is 12.5. The molecule has 7 heteroatoms. The van der Waals surface area contributed by atoms with E-state index in [4.69, 9.17) is 0 Å². The molecule has 0 atom stereocenters. The van der Waals surface area contributed by atoms with Crippen LogP contribution in [0.1, 0.15) is 12.5 Å². The van der Waals surface area contributed by atoms with Crippen LogP contribution in [0, 0.1) is 0 Å². The van der Waals surface area contributed by atoms with Gasteiger partial charge in [-0.25, -0.2) is 13.4 Å². The van der Waals surface area contributed by atoms with Crippen LogP contribution in [0.25, 0.3) is 11.3 Å². The SMILES string of the molecule is CCc1ccc(S(=O)(=O)Nc2ccc(-c3cn4c(n3)SCC4)cc2)cc1. The molecule has 1 N–H and O–H groups in total. The number of fused-ring (bicyclic) bond motifs is 1. The number of nitrogens with one attached hydrogen (secondary N) is 1. The number of benzene rings is 2. The van der Waals surface area contributed by atoms with Crippen LogP contribution < -0.4 is 4.72 Å². The quantitative estimate of drug-likeness (QED) is 0.720. The molecule has 5 nitrogen and oxygen atoms in total. The van der Waals surface area contributed by atoms with Crippen LogP contribution in [-0.2, 0) is 23.0 Å². The summed E-state index contributed by atoms with van der Waals surface area (Å²) in [6, 6.07) is 14.3. The maximum atomic E-state index is 12.5. The smallest absolute Gasteiger partial charge is 0.261 e. The van der Waals surface area contributed by atoms with Crippen LogP contribution in [0.4, 0.5) is 5.69 Å². The first-order valence-electron chi connectivity index (χ1n) is 8.47. The molecule has 0 fully saturated rings. The van der Waals surface area contributed by atoms with Crippen molar-refractivity contribution in [2.75, 3.05) is 10.5 Å². The Labute approximate surface area is 157 Å². The fourth-order valence-electron chi connectivity index (χ4n) is 2.88. The number of anilines is 1. The summed E-state index contributed by atoms with van der Waals surface area (Å²) in [6.07, 6.45) is 2.93. The number of thioether (sulfide) groups is 1. The zero-order valence-electron chi connectivity index (χ0n) is 14.3. The van der Waals surface area contributed by atoms with E-state index in [1.807, 2.05) is 37.4 Å². The molecule has 4 rings (SSSR count). The molecule has 0 unspecified atom stereocenters. The van der Waals surface area contributed by atoms with Gasteiger partial charge in [-0.3, -0.25) is 4.72 Å². The molecular weight excluding hydrogens is 366 g/mol. The van der Waals surface area contributed by atoms with Crippen LogP contribution in [-0.4, -0.2) is 23.7 Å². The zero-order chi connectivity index (χ0) is 18.1. The Bertz CT molecular complexity index is 1000. The molecule has 0 aliphatic carbocycles. The van der Waals surface area contributed by atoms with Gasteiger partial charge in [0.2, 0.25) is 0 Å². The average Bonchev–Trinajstić information content (AvgIpc) is 3.24. The second-order valence-corrected chi connectivity index (χ2v) is 8.88. The van der Waals surface area contributed by atoms with E-state index in [9.17, 15) is 8.42 Å². The minimum Gasteiger partial charge on any atom is -0.325 e. The topological polar surface area (TPSA) is 64.0 Å². The molecule has 2 heterocycles. The third-order valence-corrected chi connectivity index (χ3v) is 6.75. The van der Waals surface area contributed by atoms with Crippen molar-refractivity contribution in [1.29, 1.82) is 0 Å². The number of hydrogen-bond acceptors (Lipinski definition) is 4. The Morgan fingerprint density at radius 3 is 2.50 bits per heavy atom. The highest BCUT2D eigenvalue weighted by atomic mass is 32.2. The van der Waals surface area contributed by atoms with Crippen LogP contribution >= 0.6 is 11.8 Å². The summed E-state index contributed by atoms with van der Waals surface area (Å²) in [5.74, 6) is 1.07. The van der Waals surface area contributed by atoms with Crippen molar-refractivity contribution in [3.05, 3.63) is 60.3 Å². The lowest BCUT2D eigenvalue weighted by atomic mass is 10.1. The van der Waals surface area contributed by atoms with Crippen molar-refractivity contribution in [1.82, 2.24) is 9.55 Å². The lowest BCUT2D eigenvalue weighted by Gasteiger charge is -2.09. The minimum atomic E-state index is -3.59. The molecule has 26 heavy (non-hydrogen) atoms. The molecule has 0 bridgehead atoms. The van der Waals surface area contributed by atoms with Crippen LogP contribution in [0.2, 0.25) is 0 Å². The number of sulfonamides is 1. The second-order valence-electron chi connectivity index (χ2n) is 6.13. The van der Waals surface area contributed by atoms with E-state index < -0.39 is 10.0 Å². The number of aromatic nitrogens is 2. The average molecular weight is 386 g/mol. The zero-order valence-corrected chi connectivity index (χ0v) is 16.0. The Morgan fingerprint density at radius 1 is 1.12 bits per heavy atom. The third kappa shape index (κ3) is 3.37. The van der Waals surface area contributed by atoms with Gasteiger partial charge in [-0.1, -0.05) is 43.0 Å². The molecule has 0 saturated heterocycles. The van der Waals surface area contributed by atoms with Crippen molar-refractivity contribution in [3.8, 4) is 11.3 Å². The summed E-state index contributed by atoms with van der Waals surface area (Å²) in [4.78, 5) is 4.88. The largest absolute Gasteiger partial charge is 0.325 e. The van der Waals surface area contributed by atoms with Gasteiger partial charge in [0.05, 0.1) is 10.6 Å². The standard InChI is InChI=1S/C19H19N3O2S2/c1-2-14-3-9-17(10-4-14)26(23,24)21-16-7-5-15(6-8-16)18-13-22-11-12-25-19(22)20-18/h3-10,13,21H,2,11-12H2,1H3. The minimum absolute atomic E-state index is 0.265. The normalized spacial score (nSPS) is 13.6. The Morgan fingerprint density at radius 2 is 1.85 bits per heavy atom. The summed E-state index contributed by atoms with van der Waals surface area (Å²) < 4.78 is 29.8. The highest BCUT2D eigenvalue weighted by Gasteiger charge is 2.16. The molecule has 1 aliphatic rings. The number of hydrogen-bond donors (Lipinski definition) is 1. The van der Waals surface area contributed by atoms with E-state index in [0.717, 1.165) is 40.7 Å². The highest BCUT2D eigenvalue weighted by molar-refractivity contribution is 7.99. The Hall–Kier alpha value is -2.25. The van der Waals surface area contributed by atoms with Crippen molar-refractivity contribution in [2.45, 2.75) is 29.9 Å². The van der Waals surface area contributed by atoms with Crippen molar-refractivity contribution in [3.63, 3.8) is 0 Å². The molecule has 134 valence electrons. The lowest BCUT2D eigenvalue weighted by molar-refractivity contribution is 0.601. The summed E-state index contributed by atoms with van der Waals surface area (Å²) in [5, 5.41) is 1.04. The molecule has 3 aromatic rings. The van der Waals surface area contributed by atoms with Gasteiger partial charge in [-0.2, -0.15) is 0 Å². The first-order valence-corrected chi connectivity index (χ1v) is 10.9. The van der Waals surface area contributed by atoms with Gasteiger partial charge in [0.1, 0.15) is 0 Å². The fraction of sp³-hybridized carbons (Fsp3) is 0.211. The predicted octanol–water partition coefficient (Wildman–Crippen LogP) is 4.02. The van der Waals surface area contributed by atoms with Crippen LogP contribution in [0.15, 0.2) is 64.8 Å². The van der Waals surface area contributed by atoms with Gasteiger partial charge in [-0.15, -0.1) is 0 Å². The fourth-order valence-corrected chi connectivity index (χ4v) is 4.88.